The summed E-state index contributed by atoms with van der Waals surface area (Å²) >= 11 is 11.6. The molecule has 0 spiro atoms. The van der Waals surface area contributed by atoms with Crippen LogP contribution in [0.15, 0.2) is 30.9 Å². The lowest BCUT2D eigenvalue weighted by Crippen LogP contribution is -2.38. The summed E-state index contributed by atoms with van der Waals surface area (Å²) in [4.78, 5) is 11.9. The molecule has 0 saturated carbocycles. The van der Waals surface area contributed by atoms with Crippen molar-refractivity contribution >= 4 is 39.1 Å². The molecule has 0 atom stereocenters. The Bertz CT molecular complexity index is 632. The fourth-order valence-electron chi connectivity index (χ4n) is 1.57. The van der Waals surface area contributed by atoms with E-state index in [4.69, 9.17) is 23.2 Å². The van der Waals surface area contributed by atoms with Gasteiger partial charge in [0, 0.05) is 25.2 Å². The molecule has 116 valence electrons. The van der Waals surface area contributed by atoms with Crippen molar-refractivity contribution in [2.75, 3.05) is 25.9 Å². The number of amides is 1. The second-order valence-corrected chi connectivity index (χ2v) is 7.09. The topological polar surface area (TPSA) is 66.5 Å². The van der Waals surface area contributed by atoms with Crippen molar-refractivity contribution in [3.05, 3.63) is 46.5 Å². The first-order valence-corrected chi connectivity index (χ1v) is 8.65. The van der Waals surface area contributed by atoms with E-state index in [9.17, 15) is 13.2 Å². The molecular weight excluding hydrogens is 335 g/mol. The standard InChI is InChI=1S/C13H16Cl2N2O3S/c1-3-7-17(21(2,19)20)8-6-16-13(18)10-4-5-11(14)12(15)9-10/h3-5,9H,1,6-8H2,2H3,(H,16,18). The van der Waals surface area contributed by atoms with Crippen LogP contribution in [0.25, 0.3) is 0 Å². The fourth-order valence-corrected chi connectivity index (χ4v) is 2.67. The summed E-state index contributed by atoms with van der Waals surface area (Å²) in [7, 11) is -3.33. The minimum Gasteiger partial charge on any atom is -0.351 e. The zero-order chi connectivity index (χ0) is 16.0. The number of hydrogen-bond donors (Lipinski definition) is 1. The van der Waals surface area contributed by atoms with Gasteiger partial charge in [0.2, 0.25) is 10.0 Å². The van der Waals surface area contributed by atoms with Crippen LogP contribution in [0.3, 0.4) is 0 Å². The Morgan fingerprint density at radius 1 is 1.38 bits per heavy atom. The largest absolute Gasteiger partial charge is 0.351 e. The number of benzene rings is 1. The average Bonchev–Trinajstić information content (AvgIpc) is 2.39. The Morgan fingerprint density at radius 3 is 2.57 bits per heavy atom. The number of hydrogen-bond acceptors (Lipinski definition) is 3. The Labute approximate surface area is 134 Å². The minimum atomic E-state index is -3.33. The highest BCUT2D eigenvalue weighted by Gasteiger charge is 2.15. The molecule has 5 nitrogen and oxygen atoms in total. The van der Waals surface area contributed by atoms with E-state index < -0.39 is 10.0 Å². The summed E-state index contributed by atoms with van der Waals surface area (Å²) in [5.74, 6) is -0.347. The molecule has 0 heterocycles. The van der Waals surface area contributed by atoms with Gasteiger partial charge in [-0.1, -0.05) is 29.3 Å². The second-order valence-electron chi connectivity index (χ2n) is 4.29. The van der Waals surface area contributed by atoms with Crippen LogP contribution in [0.5, 0.6) is 0 Å². The smallest absolute Gasteiger partial charge is 0.251 e. The summed E-state index contributed by atoms with van der Waals surface area (Å²) in [6, 6.07) is 4.53. The molecule has 1 aromatic carbocycles. The number of nitrogens with zero attached hydrogens (tertiary/aromatic N) is 1. The molecule has 0 aliphatic carbocycles. The normalized spacial score (nSPS) is 11.4. The maximum atomic E-state index is 11.9. The highest BCUT2D eigenvalue weighted by molar-refractivity contribution is 7.88. The summed E-state index contributed by atoms with van der Waals surface area (Å²) in [5, 5.41) is 3.27. The molecule has 8 heteroatoms. The van der Waals surface area contributed by atoms with Gasteiger partial charge in [-0.15, -0.1) is 6.58 Å². The molecule has 1 amide bonds. The van der Waals surface area contributed by atoms with Crippen molar-refractivity contribution in [2.45, 2.75) is 0 Å². The first-order chi connectivity index (χ1) is 9.75. The van der Waals surface area contributed by atoms with E-state index in [0.717, 1.165) is 6.26 Å². The molecule has 0 bridgehead atoms. The Kier molecular flexibility index (Phi) is 6.67. The predicted molar refractivity (Wildman–Crippen MR) is 85.4 cm³/mol. The number of carbonyl (C=O) groups excluding carboxylic acids is 1. The molecule has 0 radical (unpaired) electrons. The number of carbonyl (C=O) groups is 1. The summed E-state index contributed by atoms with van der Waals surface area (Å²) in [6.07, 6.45) is 2.60. The van der Waals surface area contributed by atoms with Crippen molar-refractivity contribution in [1.82, 2.24) is 9.62 Å². The molecule has 1 rings (SSSR count). The molecule has 0 aliphatic rings. The number of sulfonamides is 1. The van der Waals surface area contributed by atoms with Crippen LogP contribution < -0.4 is 5.32 Å². The first kappa shape index (κ1) is 18.0. The molecule has 0 aromatic heterocycles. The Hall–Kier alpha value is -1.08. The number of halogens is 2. The van der Waals surface area contributed by atoms with E-state index in [-0.39, 0.29) is 30.6 Å². The van der Waals surface area contributed by atoms with Crippen molar-refractivity contribution < 1.29 is 13.2 Å². The van der Waals surface area contributed by atoms with E-state index >= 15 is 0 Å². The zero-order valence-electron chi connectivity index (χ0n) is 11.5. The van der Waals surface area contributed by atoms with Crippen LogP contribution in [0.1, 0.15) is 10.4 Å². The molecule has 21 heavy (non-hydrogen) atoms. The van der Waals surface area contributed by atoms with Crippen molar-refractivity contribution in [1.29, 1.82) is 0 Å². The quantitative estimate of drug-likeness (QED) is 0.766. The van der Waals surface area contributed by atoms with Crippen LogP contribution in [0, 0.1) is 0 Å². The molecule has 1 aromatic rings. The summed E-state index contributed by atoms with van der Waals surface area (Å²) < 4.78 is 24.2. The van der Waals surface area contributed by atoms with Crippen LogP contribution in [-0.2, 0) is 10.0 Å². The highest BCUT2D eigenvalue weighted by Crippen LogP contribution is 2.22. The highest BCUT2D eigenvalue weighted by atomic mass is 35.5. The van der Waals surface area contributed by atoms with Gasteiger partial charge in [-0.25, -0.2) is 8.42 Å². The lowest BCUT2D eigenvalue weighted by Gasteiger charge is -2.18. The molecule has 0 unspecified atom stereocenters. The summed E-state index contributed by atoms with van der Waals surface area (Å²) in [5.41, 5.74) is 0.360. The lowest BCUT2D eigenvalue weighted by molar-refractivity contribution is 0.0952. The van der Waals surface area contributed by atoms with Gasteiger partial charge in [0.1, 0.15) is 0 Å². The van der Waals surface area contributed by atoms with E-state index in [1.54, 1.807) is 6.07 Å². The minimum absolute atomic E-state index is 0.165. The Balaban J connectivity index is 2.60. The SMILES string of the molecule is C=CCN(CCNC(=O)c1ccc(Cl)c(Cl)c1)S(C)(=O)=O. The van der Waals surface area contributed by atoms with Gasteiger partial charge in [-0.2, -0.15) is 4.31 Å². The lowest BCUT2D eigenvalue weighted by atomic mass is 10.2. The molecule has 0 aliphatic heterocycles. The average molecular weight is 351 g/mol. The maximum absolute atomic E-state index is 11.9. The van der Waals surface area contributed by atoms with Gasteiger partial charge in [0.25, 0.3) is 5.91 Å². The van der Waals surface area contributed by atoms with Gasteiger partial charge >= 0.3 is 0 Å². The first-order valence-electron chi connectivity index (χ1n) is 6.05. The van der Waals surface area contributed by atoms with E-state index in [0.29, 0.717) is 10.6 Å². The van der Waals surface area contributed by atoms with Crippen molar-refractivity contribution in [3.63, 3.8) is 0 Å². The third kappa shape index (κ3) is 5.67. The zero-order valence-corrected chi connectivity index (χ0v) is 13.8. The maximum Gasteiger partial charge on any atom is 0.251 e. The van der Waals surface area contributed by atoms with Crippen molar-refractivity contribution in [3.8, 4) is 0 Å². The molecular formula is C13H16Cl2N2O3S. The van der Waals surface area contributed by atoms with E-state index in [1.807, 2.05) is 0 Å². The van der Waals surface area contributed by atoms with Gasteiger partial charge in [0.05, 0.1) is 16.3 Å². The van der Waals surface area contributed by atoms with Gasteiger partial charge in [-0.3, -0.25) is 4.79 Å². The van der Waals surface area contributed by atoms with Crippen LogP contribution >= 0.6 is 23.2 Å². The third-order valence-corrected chi connectivity index (χ3v) is 4.64. The molecule has 1 N–H and O–H groups in total. The van der Waals surface area contributed by atoms with Crippen LogP contribution in [0.4, 0.5) is 0 Å². The van der Waals surface area contributed by atoms with Gasteiger partial charge < -0.3 is 5.32 Å². The molecule has 0 saturated heterocycles. The van der Waals surface area contributed by atoms with Gasteiger partial charge in [-0.05, 0) is 18.2 Å². The third-order valence-electron chi connectivity index (χ3n) is 2.63. The Morgan fingerprint density at radius 2 is 2.05 bits per heavy atom. The molecule has 0 fully saturated rings. The number of rotatable bonds is 7. The number of nitrogens with one attached hydrogen (secondary N) is 1. The second kappa shape index (κ2) is 7.79. The summed E-state index contributed by atoms with van der Waals surface area (Å²) in [6.45, 7) is 4.04. The van der Waals surface area contributed by atoms with Crippen LogP contribution in [-0.4, -0.2) is 44.5 Å². The predicted octanol–water partition coefficient (Wildman–Crippen LogP) is 2.17. The van der Waals surface area contributed by atoms with Crippen LogP contribution in [0.2, 0.25) is 10.0 Å². The van der Waals surface area contributed by atoms with E-state index in [1.165, 1.54) is 22.5 Å². The monoisotopic (exact) mass is 350 g/mol. The fraction of sp³-hybridized carbons (Fsp3) is 0.308. The van der Waals surface area contributed by atoms with E-state index in [2.05, 4.69) is 11.9 Å². The van der Waals surface area contributed by atoms with Gasteiger partial charge in [0.15, 0.2) is 0 Å². The van der Waals surface area contributed by atoms with Crippen molar-refractivity contribution in [2.24, 2.45) is 0 Å².